The summed E-state index contributed by atoms with van der Waals surface area (Å²) in [6.07, 6.45) is -0.562. The zero-order valence-electron chi connectivity index (χ0n) is 10.0. The van der Waals surface area contributed by atoms with E-state index in [9.17, 15) is 4.79 Å². The van der Waals surface area contributed by atoms with E-state index in [4.69, 9.17) is 15.2 Å². The number of ether oxygens (including phenoxy) is 2. The summed E-state index contributed by atoms with van der Waals surface area (Å²) < 4.78 is 11.3. The number of aryl methyl sites for hydroxylation is 1. The summed E-state index contributed by atoms with van der Waals surface area (Å²) in [6.45, 7) is 3.16. The second-order valence-electron chi connectivity index (χ2n) is 4.11. The van der Waals surface area contributed by atoms with Gasteiger partial charge in [0.05, 0.1) is 25.5 Å². The predicted octanol–water partition coefficient (Wildman–Crippen LogP) is 1.69. The van der Waals surface area contributed by atoms with E-state index in [0.717, 1.165) is 10.0 Å². The third kappa shape index (κ3) is 3.01. The molecule has 1 aromatic carbocycles. The number of amides is 1. The molecule has 98 valence electrons. The number of carbonyl (C=O) groups is 1. The third-order valence-electron chi connectivity index (χ3n) is 2.72. The summed E-state index contributed by atoms with van der Waals surface area (Å²) in [6, 6.07) is 3.59. The Kier molecular flexibility index (Phi) is 4.21. The van der Waals surface area contributed by atoms with Crippen LogP contribution in [0.25, 0.3) is 0 Å². The van der Waals surface area contributed by atoms with Gasteiger partial charge in [-0.25, -0.2) is 0 Å². The first-order valence-electron chi connectivity index (χ1n) is 5.64. The molecule has 18 heavy (non-hydrogen) atoms. The van der Waals surface area contributed by atoms with E-state index in [0.29, 0.717) is 24.6 Å². The van der Waals surface area contributed by atoms with Crippen LogP contribution in [0.3, 0.4) is 0 Å². The van der Waals surface area contributed by atoms with E-state index in [-0.39, 0.29) is 12.5 Å². The molecule has 0 radical (unpaired) electrons. The molecule has 0 aliphatic carbocycles. The molecule has 0 saturated carbocycles. The second-order valence-corrected chi connectivity index (χ2v) is 4.97. The predicted molar refractivity (Wildman–Crippen MR) is 72.5 cm³/mol. The molecule has 1 atom stereocenters. The minimum atomic E-state index is -0.562. The SMILES string of the molecule is Cc1cc(Br)c(NC(=O)C2COCCO2)cc1N. The summed E-state index contributed by atoms with van der Waals surface area (Å²) in [4.78, 5) is 11.9. The van der Waals surface area contributed by atoms with E-state index >= 15 is 0 Å². The highest BCUT2D eigenvalue weighted by molar-refractivity contribution is 9.10. The molecule has 1 aromatic rings. The molecule has 1 heterocycles. The molecule has 1 fully saturated rings. The Hall–Kier alpha value is -1.11. The number of nitrogens with two attached hydrogens (primary N) is 1. The molecule has 0 aromatic heterocycles. The second kappa shape index (κ2) is 5.69. The summed E-state index contributed by atoms with van der Waals surface area (Å²) in [5, 5.41) is 2.78. The zero-order valence-corrected chi connectivity index (χ0v) is 11.6. The number of hydrogen-bond donors (Lipinski definition) is 2. The molecular formula is C12H15BrN2O3. The van der Waals surface area contributed by atoms with Crippen molar-refractivity contribution in [2.75, 3.05) is 30.9 Å². The first kappa shape index (κ1) is 13.3. The topological polar surface area (TPSA) is 73.6 Å². The summed E-state index contributed by atoms with van der Waals surface area (Å²) in [5.41, 5.74) is 8.04. The van der Waals surface area contributed by atoms with Gasteiger partial charge in [0.15, 0.2) is 6.10 Å². The third-order valence-corrected chi connectivity index (χ3v) is 3.38. The van der Waals surface area contributed by atoms with Gasteiger partial charge >= 0.3 is 0 Å². The van der Waals surface area contributed by atoms with Gasteiger partial charge in [0, 0.05) is 10.2 Å². The molecule has 0 bridgehead atoms. The minimum absolute atomic E-state index is 0.223. The van der Waals surface area contributed by atoms with Gasteiger partial charge in [-0.2, -0.15) is 0 Å². The number of rotatable bonds is 2. The lowest BCUT2D eigenvalue weighted by Crippen LogP contribution is -2.39. The van der Waals surface area contributed by atoms with Crippen molar-refractivity contribution in [3.63, 3.8) is 0 Å². The number of halogens is 1. The van der Waals surface area contributed by atoms with Gasteiger partial charge in [-0.05, 0) is 40.5 Å². The van der Waals surface area contributed by atoms with Crippen LogP contribution < -0.4 is 11.1 Å². The number of hydrogen-bond acceptors (Lipinski definition) is 4. The number of benzene rings is 1. The van der Waals surface area contributed by atoms with E-state index < -0.39 is 6.10 Å². The Balaban J connectivity index is 2.08. The van der Waals surface area contributed by atoms with Gasteiger partial charge in [0.1, 0.15) is 0 Å². The maximum absolute atomic E-state index is 11.9. The van der Waals surface area contributed by atoms with E-state index in [1.807, 2.05) is 13.0 Å². The monoisotopic (exact) mass is 314 g/mol. The summed E-state index contributed by atoms with van der Waals surface area (Å²) >= 11 is 3.39. The largest absolute Gasteiger partial charge is 0.398 e. The molecule has 6 heteroatoms. The zero-order chi connectivity index (χ0) is 13.1. The number of anilines is 2. The molecule has 1 saturated heterocycles. The smallest absolute Gasteiger partial charge is 0.255 e. The van der Waals surface area contributed by atoms with Crippen LogP contribution in [0.4, 0.5) is 11.4 Å². The molecule has 3 N–H and O–H groups in total. The summed E-state index contributed by atoms with van der Waals surface area (Å²) in [5.74, 6) is -0.223. The Bertz CT molecular complexity index is 459. The quantitative estimate of drug-likeness (QED) is 0.815. The van der Waals surface area contributed by atoms with E-state index in [2.05, 4.69) is 21.2 Å². The lowest BCUT2D eigenvalue weighted by atomic mass is 10.2. The average Bonchev–Trinajstić information content (AvgIpc) is 2.37. The number of nitrogen functional groups attached to an aromatic ring is 1. The fourth-order valence-electron chi connectivity index (χ4n) is 1.64. The van der Waals surface area contributed by atoms with Crippen molar-refractivity contribution in [3.05, 3.63) is 22.2 Å². The molecule has 0 spiro atoms. The van der Waals surface area contributed by atoms with Gasteiger partial charge in [0.25, 0.3) is 5.91 Å². The number of nitrogens with one attached hydrogen (secondary N) is 1. The van der Waals surface area contributed by atoms with Crippen molar-refractivity contribution in [3.8, 4) is 0 Å². The molecule has 5 nitrogen and oxygen atoms in total. The van der Waals surface area contributed by atoms with Gasteiger partial charge in [-0.15, -0.1) is 0 Å². The highest BCUT2D eigenvalue weighted by Gasteiger charge is 2.23. The van der Waals surface area contributed by atoms with E-state index in [1.54, 1.807) is 6.07 Å². The minimum Gasteiger partial charge on any atom is -0.398 e. The first-order valence-corrected chi connectivity index (χ1v) is 6.43. The Morgan fingerprint density at radius 2 is 2.28 bits per heavy atom. The lowest BCUT2D eigenvalue weighted by molar-refractivity contribution is -0.142. The maximum Gasteiger partial charge on any atom is 0.255 e. The van der Waals surface area contributed by atoms with Gasteiger partial charge in [-0.1, -0.05) is 0 Å². The van der Waals surface area contributed by atoms with Crippen LogP contribution in [0.15, 0.2) is 16.6 Å². The van der Waals surface area contributed by atoms with Crippen LogP contribution in [-0.4, -0.2) is 31.8 Å². The van der Waals surface area contributed by atoms with Crippen molar-refractivity contribution in [1.82, 2.24) is 0 Å². The normalized spacial score (nSPS) is 19.6. The van der Waals surface area contributed by atoms with Crippen molar-refractivity contribution < 1.29 is 14.3 Å². The molecule has 1 aliphatic heterocycles. The van der Waals surface area contributed by atoms with Crippen LogP contribution in [-0.2, 0) is 14.3 Å². The number of carbonyl (C=O) groups excluding carboxylic acids is 1. The van der Waals surface area contributed by atoms with Crippen LogP contribution in [0.2, 0.25) is 0 Å². The van der Waals surface area contributed by atoms with Crippen molar-refractivity contribution in [2.24, 2.45) is 0 Å². The van der Waals surface area contributed by atoms with Gasteiger partial charge in [0.2, 0.25) is 0 Å². The maximum atomic E-state index is 11.9. The Morgan fingerprint density at radius 3 is 2.94 bits per heavy atom. The fraction of sp³-hybridized carbons (Fsp3) is 0.417. The highest BCUT2D eigenvalue weighted by atomic mass is 79.9. The average molecular weight is 315 g/mol. The van der Waals surface area contributed by atoms with Crippen molar-refractivity contribution in [2.45, 2.75) is 13.0 Å². The van der Waals surface area contributed by atoms with Crippen molar-refractivity contribution >= 4 is 33.2 Å². The van der Waals surface area contributed by atoms with Gasteiger partial charge in [-0.3, -0.25) is 4.79 Å². The highest BCUT2D eigenvalue weighted by Crippen LogP contribution is 2.28. The molecule has 1 unspecified atom stereocenters. The summed E-state index contributed by atoms with van der Waals surface area (Å²) in [7, 11) is 0. The van der Waals surface area contributed by atoms with E-state index in [1.165, 1.54) is 0 Å². The fourth-order valence-corrected chi connectivity index (χ4v) is 2.19. The molecule has 1 aliphatic rings. The Labute approximate surface area is 114 Å². The molecule has 1 amide bonds. The van der Waals surface area contributed by atoms with Crippen LogP contribution in [0, 0.1) is 6.92 Å². The van der Waals surface area contributed by atoms with Crippen LogP contribution in [0.1, 0.15) is 5.56 Å². The van der Waals surface area contributed by atoms with Crippen LogP contribution >= 0.6 is 15.9 Å². The molecular weight excluding hydrogens is 300 g/mol. The lowest BCUT2D eigenvalue weighted by Gasteiger charge is -2.22. The molecule has 2 rings (SSSR count). The van der Waals surface area contributed by atoms with Crippen LogP contribution in [0.5, 0.6) is 0 Å². The van der Waals surface area contributed by atoms with Crippen molar-refractivity contribution in [1.29, 1.82) is 0 Å². The standard InChI is InChI=1S/C12H15BrN2O3/c1-7-4-8(13)10(5-9(7)14)15-12(16)11-6-17-2-3-18-11/h4-5,11H,2-3,6,14H2,1H3,(H,15,16). The Morgan fingerprint density at radius 1 is 1.50 bits per heavy atom. The van der Waals surface area contributed by atoms with Gasteiger partial charge < -0.3 is 20.5 Å². The first-order chi connectivity index (χ1) is 8.58.